The molecule has 1 aromatic carbocycles. The average Bonchev–Trinajstić information content (AvgIpc) is 2.71. The first-order valence-electron chi connectivity index (χ1n) is 10.9. The lowest BCUT2D eigenvalue weighted by Gasteiger charge is -2.31. The van der Waals surface area contributed by atoms with Gasteiger partial charge in [0, 0.05) is 6.92 Å². The van der Waals surface area contributed by atoms with Crippen LogP contribution in [0.2, 0.25) is 0 Å². The van der Waals surface area contributed by atoms with E-state index in [4.69, 9.17) is 9.47 Å². The van der Waals surface area contributed by atoms with Crippen molar-refractivity contribution in [2.45, 2.75) is 72.6 Å². The van der Waals surface area contributed by atoms with Gasteiger partial charge in [-0.15, -0.1) is 0 Å². The number of esters is 2. The molecule has 1 rings (SSSR count). The van der Waals surface area contributed by atoms with Crippen LogP contribution in [0.3, 0.4) is 0 Å². The number of carbonyl (C=O) groups excluding carboxylic acids is 3. The van der Waals surface area contributed by atoms with Crippen molar-refractivity contribution in [3.05, 3.63) is 35.4 Å². The summed E-state index contributed by atoms with van der Waals surface area (Å²) in [5.74, 6) is -0.597. The van der Waals surface area contributed by atoms with E-state index >= 15 is 0 Å². The molecule has 0 aliphatic carbocycles. The summed E-state index contributed by atoms with van der Waals surface area (Å²) in [5.41, 5.74) is 1.19. The van der Waals surface area contributed by atoms with Crippen molar-refractivity contribution in [1.29, 1.82) is 0 Å². The van der Waals surface area contributed by atoms with E-state index in [9.17, 15) is 14.4 Å². The highest BCUT2D eigenvalue weighted by Gasteiger charge is 2.34. The zero-order valence-corrected chi connectivity index (χ0v) is 21.3. The number of benzene rings is 1. The fourth-order valence-electron chi connectivity index (χ4n) is 3.64. The quantitative estimate of drug-likeness (QED) is 0.269. The fraction of sp³-hybridized carbons (Fsp3) is 0.640. The SMILES string of the molecule is CCOC(=O)C(C)Cc1cccc(C(C)(CCCC(C)(C)COC(C)=O)C(=O)CBr)c1. The third-order valence-electron chi connectivity index (χ3n) is 5.73. The summed E-state index contributed by atoms with van der Waals surface area (Å²) in [4.78, 5) is 36.1. The highest BCUT2D eigenvalue weighted by atomic mass is 79.9. The minimum atomic E-state index is -0.635. The van der Waals surface area contributed by atoms with E-state index in [0.29, 0.717) is 26.1 Å². The number of carbonyl (C=O) groups is 3. The summed E-state index contributed by atoms with van der Waals surface area (Å²) in [5, 5.41) is 0.282. The lowest BCUT2D eigenvalue weighted by molar-refractivity contribution is -0.147. The molecule has 174 valence electrons. The van der Waals surface area contributed by atoms with Crippen LogP contribution in [0.5, 0.6) is 0 Å². The van der Waals surface area contributed by atoms with E-state index in [0.717, 1.165) is 24.0 Å². The largest absolute Gasteiger partial charge is 0.466 e. The Morgan fingerprint density at radius 2 is 1.77 bits per heavy atom. The van der Waals surface area contributed by atoms with Gasteiger partial charge in [-0.25, -0.2) is 0 Å². The smallest absolute Gasteiger partial charge is 0.308 e. The predicted molar refractivity (Wildman–Crippen MR) is 126 cm³/mol. The Bertz CT molecular complexity index is 758. The molecule has 1 aromatic rings. The molecular formula is C25H37BrO5. The molecule has 0 aromatic heterocycles. The van der Waals surface area contributed by atoms with Crippen molar-refractivity contribution in [1.82, 2.24) is 0 Å². The Morgan fingerprint density at radius 1 is 1.10 bits per heavy atom. The molecule has 2 atom stereocenters. The summed E-state index contributed by atoms with van der Waals surface area (Å²) in [6, 6.07) is 7.97. The topological polar surface area (TPSA) is 69.7 Å². The molecule has 0 aliphatic heterocycles. The molecule has 31 heavy (non-hydrogen) atoms. The molecule has 0 aliphatic rings. The number of ether oxygens (including phenoxy) is 2. The summed E-state index contributed by atoms with van der Waals surface area (Å²) in [7, 11) is 0. The Morgan fingerprint density at radius 3 is 2.35 bits per heavy atom. The third-order valence-corrected chi connectivity index (χ3v) is 6.24. The molecule has 0 bridgehead atoms. The van der Waals surface area contributed by atoms with Gasteiger partial charge in [-0.05, 0) is 49.7 Å². The van der Waals surface area contributed by atoms with Gasteiger partial charge in [-0.1, -0.05) is 67.4 Å². The van der Waals surface area contributed by atoms with Gasteiger partial charge >= 0.3 is 11.9 Å². The summed E-state index contributed by atoms with van der Waals surface area (Å²) < 4.78 is 10.3. The van der Waals surface area contributed by atoms with Gasteiger partial charge in [0.25, 0.3) is 0 Å². The van der Waals surface area contributed by atoms with Crippen LogP contribution in [-0.2, 0) is 35.7 Å². The predicted octanol–water partition coefficient (Wildman–Crippen LogP) is 5.41. The molecule has 6 heteroatoms. The monoisotopic (exact) mass is 496 g/mol. The van der Waals surface area contributed by atoms with E-state index in [2.05, 4.69) is 29.8 Å². The zero-order valence-electron chi connectivity index (χ0n) is 19.8. The van der Waals surface area contributed by atoms with Crippen LogP contribution < -0.4 is 0 Å². The van der Waals surface area contributed by atoms with E-state index in [1.807, 2.05) is 38.1 Å². The van der Waals surface area contributed by atoms with E-state index in [-0.39, 0.29) is 34.4 Å². The van der Waals surface area contributed by atoms with Crippen LogP contribution >= 0.6 is 15.9 Å². The lowest BCUT2D eigenvalue weighted by atomic mass is 9.73. The first-order valence-corrected chi connectivity index (χ1v) is 12.1. The second-order valence-corrected chi connectivity index (χ2v) is 9.81. The molecule has 2 unspecified atom stereocenters. The normalized spacial score (nSPS) is 14.4. The second kappa shape index (κ2) is 12.4. The minimum Gasteiger partial charge on any atom is -0.466 e. The number of halogens is 1. The van der Waals surface area contributed by atoms with Crippen molar-refractivity contribution in [3.63, 3.8) is 0 Å². The lowest BCUT2D eigenvalue weighted by Crippen LogP contribution is -2.34. The van der Waals surface area contributed by atoms with Crippen LogP contribution in [0.25, 0.3) is 0 Å². The van der Waals surface area contributed by atoms with Crippen molar-refractivity contribution < 1.29 is 23.9 Å². The van der Waals surface area contributed by atoms with Gasteiger partial charge in [0.05, 0.1) is 29.9 Å². The van der Waals surface area contributed by atoms with Crippen LogP contribution in [0, 0.1) is 11.3 Å². The van der Waals surface area contributed by atoms with Gasteiger partial charge in [0.1, 0.15) is 0 Å². The number of Topliss-reactive ketones (excluding diaryl/α,β-unsaturated/α-hetero) is 1. The standard InChI is InChI=1S/C25H37BrO5/c1-7-30-23(29)18(2)14-20-10-8-11-21(15-20)25(6,22(28)16-26)13-9-12-24(4,5)17-31-19(3)27/h8,10-11,15,18H,7,9,12-14,16-17H2,1-6H3. The van der Waals surface area contributed by atoms with Gasteiger partial charge < -0.3 is 9.47 Å². The molecule has 5 nitrogen and oxygen atoms in total. The molecular weight excluding hydrogens is 460 g/mol. The van der Waals surface area contributed by atoms with Gasteiger partial charge in [0.2, 0.25) is 0 Å². The maximum Gasteiger partial charge on any atom is 0.308 e. The third kappa shape index (κ3) is 8.76. The van der Waals surface area contributed by atoms with Crippen LogP contribution in [0.15, 0.2) is 24.3 Å². The molecule has 0 heterocycles. The van der Waals surface area contributed by atoms with E-state index < -0.39 is 5.41 Å². The fourth-order valence-corrected chi connectivity index (χ4v) is 4.26. The zero-order chi connectivity index (χ0) is 23.7. The van der Waals surface area contributed by atoms with Crippen LogP contribution in [0.4, 0.5) is 0 Å². The molecule has 0 spiro atoms. The highest BCUT2D eigenvalue weighted by Crippen LogP contribution is 2.35. The maximum absolute atomic E-state index is 12.9. The Kier molecular flexibility index (Phi) is 10.9. The van der Waals surface area contributed by atoms with Crippen LogP contribution in [0.1, 0.15) is 71.9 Å². The van der Waals surface area contributed by atoms with Gasteiger partial charge in [-0.3, -0.25) is 14.4 Å². The second-order valence-electron chi connectivity index (χ2n) is 9.24. The molecule has 0 fully saturated rings. The minimum absolute atomic E-state index is 0.126. The maximum atomic E-state index is 12.9. The Hall–Kier alpha value is -1.69. The molecule has 0 radical (unpaired) electrons. The molecule has 0 saturated carbocycles. The highest BCUT2D eigenvalue weighted by molar-refractivity contribution is 9.09. The van der Waals surface area contributed by atoms with Crippen molar-refractivity contribution in [2.75, 3.05) is 18.5 Å². The number of hydrogen-bond donors (Lipinski definition) is 0. The van der Waals surface area contributed by atoms with E-state index in [1.165, 1.54) is 6.92 Å². The summed E-state index contributed by atoms with van der Waals surface area (Å²) in [6.45, 7) is 11.9. The molecule has 0 N–H and O–H groups in total. The van der Waals surface area contributed by atoms with Crippen molar-refractivity contribution in [3.8, 4) is 0 Å². The first kappa shape index (κ1) is 27.3. The number of hydrogen-bond acceptors (Lipinski definition) is 5. The van der Waals surface area contributed by atoms with Crippen molar-refractivity contribution >= 4 is 33.7 Å². The van der Waals surface area contributed by atoms with Gasteiger partial charge in [-0.2, -0.15) is 0 Å². The van der Waals surface area contributed by atoms with Crippen LogP contribution in [-0.4, -0.2) is 36.3 Å². The molecule has 0 saturated heterocycles. The van der Waals surface area contributed by atoms with Crippen molar-refractivity contribution in [2.24, 2.45) is 11.3 Å². The van der Waals surface area contributed by atoms with Gasteiger partial charge in [0.15, 0.2) is 5.78 Å². The summed E-state index contributed by atoms with van der Waals surface area (Å²) >= 11 is 3.35. The summed E-state index contributed by atoms with van der Waals surface area (Å²) in [6.07, 6.45) is 2.93. The molecule has 0 amide bonds. The Labute approximate surface area is 195 Å². The first-order chi connectivity index (χ1) is 14.4. The van der Waals surface area contributed by atoms with E-state index in [1.54, 1.807) is 6.92 Å². The Balaban J connectivity index is 2.96. The number of alkyl halides is 1. The number of ketones is 1. The average molecular weight is 497 g/mol. The number of rotatable bonds is 13.